The standard InChI is InChI=1S/C25H33ClN2O3/c1-5-19(3)27-25(30)20(4)28(17-21-8-6-9-22(26)16-21)24(29)10-7-15-31-23-13-11-18(2)12-14-23/h6,8-9,11-14,16,19-20H,5,7,10,15,17H2,1-4H3,(H,27,30). The Bertz CT molecular complexity index is 854. The van der Waals surface area contributed by atoms with E-state index in [1.165, 1.54) is 5.56 Å². The Labute approximate surface area is 190 Å². The third kappa shape index (κ3) is 8.25. The molecule has 2 rings (SSSR count). The van der Waals surface area contributed by atoms with Crippen LogP contribution in [0.15, 0.2) is 48.5 Å². The molecule has 0 bridgehead atoms. The maximum Gasteiger partial charge on any atom is 0.242 e. The summed E-state index contributed by atoms with van der Waals surface area (Å²) in [6.45, 7) is 8.52. The van der Waals surface area contributed by atoms with E-state index in [0.29, 0.717) is 31.0 Å². The fraction of sp³-hybridized carbons (Fsp3) is 0.440. The summed E-state index contributed by atoms with van der Waals surface area (Å²) in [7, 11) is 0. The van der Waals surface area contributed by atoms with Crippen LogP contribution < -0.4 is 10.1 Å². The lowest BCUT2D eigenvalue weighted by molar-refractivity contribution is -0.141. The Balaban J connectivity index is 2.00. The van der Waals surface area contributed by atoms with Crippen LogP contribution in [0.2, 0.25) is 5.02 Å². The highest BCUT2D eigenvalue weighted by Crippen LogP contribution is 2.17. The number of benzene rings is 2. The lowest BCUT2D eigenvalue weighted by Crippen LogP contribution is -2.49. The largest absolute Gasteiger partial charge is 0.494 e. The quantitative estimate of drug-likeness (QED) is 0.488. The summed E-state index contributed by atoms with van der Waals surface area (Å²) in [5.74, 6) is 0.551. The van der Waals surface area contributed by atoms with Crippen LogP contribution in [0.1, 0.15) is 51.2 Å². The normalized spacial score (nSPS) is 12.7. The van der Waals surface area contributed by atoms with Crippen molar-refractivity contribution in [1.29, 1.82) is 0 Å². The first-order chi connectivity index (χ1) is 14.8. The van der Waals surface area contributed by atoms with Gasteiger partial charge in [0.1, 0.15) is 11.8 Å². The summed E-state index contributed by atoms with van der Waals surface area (Å²) in [4.78, 5) is 27.4. The topological polar surface area (TPSA) is 58.6 Å². The molecule has 5 nitrogen and oxygen atoms in total. The maximum atomic E-state index is 13.0. The van der Waals surface area contributed by atoms with Crippen LogP contribution in [-0.2, 0) is 16.1 Å². The zero-order chi connectivity index (χ0) is 22.8. The summed E-state index contributed by atoms with van der Waals surface area (Å²) in [5.41, 5.74) is 2.06. The molecule has 2 atom stereocenters. The number of nitrogens with one attached hydrogen (secondary N) is 1. The second kappa shape index (κ2) is 12.4. The highest BCUT2D eigenvalue weighted by molar-refractivity contribution is 6.30. The second-order valence-corrected chi connectivity index (χ2v) is 8.35. The van der Waals surface area contributed by atoms with Crippen molar-refractivity contribution in [2.45, 2.75) is 65.6 Å². The minimum absolute atomic E-state index is 0.0565. The van der Waals surface area contributed by atoms with Crippen LogP contribution in [-0.4, -0.2) is 35.4 Å². The molecular formula is C25H33ClN2O3. The van der Waals surface area contributed by atoms with E-state index in [-0.39, 0.29) is 17.9 Å². The smallest absolute Gasteiger partial charge is 0.242 e. The molecule has 0 spiro atoms. The van der Waals surface area contributed by atoms with Gasteiger partial charge in [-0.15, -0.1) is 0 Å². The zero-order valence-electron chi connectivity index (χ0n) is 18.9. The molecule has 2 aromatic carbocycles. The number of rotatable bonds is 11. The Kier molecular flexibility index (Phi) is 9.86. The van der Waals surface area contributed by atoms with Crippen LogP contribution in [0, 0.1) is 6.92 Å². The molecule has 0 aliphatic rings. The minimum Gasteiger partial charge on any atom is -0.494 e. The van der Waals surface area contributed by atoms with Crippen LogP contribution in [0.3, 0.4) is 0 Å². The van der Waals surface area contributed by atoms with Gasteiger partial charge >= 0.3 is 0 Å². The van der Waals surface area contributed by atoms with Crippen molar-refractivity contribution in [3.63, 3.8) is 0 Å². The molecule has 2 aromatic rings. The van der Waals surface area contributed by atoms with E-state index in [1.807, 2.05) is 63.2 Å². The predicted molar refractivity (Wildman–Crippen MR) is 125 cm³/mol. The Hall–Kier alpha value is -2.53. The highest BCUT2D eigenvalue weighted by atomic mass is 35.5. The monoisotopic (exact) mass is 444 g/mol. The number of amides is 2. The van der Waals surface area contributed by atoms with Crippen molar-refractivity contribution in [1.82, 2.24) is 10.2 Å². The number of carbonyl (C=O) groups excluding carboxylic acids is 2. The van der Waals surface area contributed by atoms with Gasteiger partial charge in [-0.3, -0.25) is 9.59 Å². The fourth-order valence-electron chi connectivity index (χ4n) is 3.07. The summed E-state index contributed by atoms with van der Waals surface area (Å²) < 4.78 is 5.73. The molecule has 31 heavy (non-hydrogen) atoms. The molecule has 0 aliphatic heterocycles. The average molecular weight is 445 g/mol. The van der Waals surface area contributed by atoms with Gasteiger partial charge in [0.05, 0.1) is 6.61 Å². The number of hydrogen-bond donors (Lipinski definition) is 1. The number of aryl methyl sites for hydroxylation is 1. The van der Waals surface area contributed by atoms with E-state index in [0.717, 1.165) is 17.7 Å². The molecule has 0 radical (unpaired) electrons. The van der Waals surface area contributed by atoms with Gasteiger partial charge < -0.3 is 15.0 Å². The molecule has 0 fully saturated rings. The first-order valence-electron chi connectivity index (χ1n) is 10.8. The first kappa shape index (κ1) is 24.7. The van der Waals surface area contributed by atoms with Crippen LogP contribution in [0.5, 0.6) is 5.75 Å². The Morgan fingerprint density at radius 2 is 1.84 bits per heavy atom. The maximum absolute atomic E-state index is 13.0. The molecule has 0 aliphatic carbocycles. The van der Waals surface area contributed by atoms with E-state index >= 15 is 0 Å². The van der Waals surface area contributed by atoms with E-state index in [1.54, 1.807) is 17.9 Å². The summed E-state index contributed by atoms with van der Waals surface area (Å²) in [6.07, 6.45) is 1.70. The van der Waals surface area contributed by atoms with Crippen LogP contribution in [0.4, 0.5) is 0 Å². The number of ether oxygens (including phenoxy) is 1. The molecular weight excluding hydrogens is 412 g/mol. The van der Waals surface area contributed by atoms with Crippen LogP contribution >= 0.6 is 11.6 Å². The van der Waals surface area contributed by atoms with E-state index in [9.17, 15) is 9.59 Å². The van der Waals surface area contributed by atoms with E-state index in [4.69, 9.17) is 16.3 Å². The molecule has 168 valence electrons. The van der Waals surface area contributed by atoms with Gasteiger partial charge in [0.2, 0.25) is 11.8 Å². The van der Waals surface area contributed by atoms with Crippen molar-refractivity contribution in [3.05, 3.63) is 64.7 Å². The fourth-order valence-corrected chi connectivity index (χ4v) is 3.28. The Morgan fingerprint density at radius 3 is 2.48 bits per heavy atom. The molecule has 2 amide bonds. The zero-order valence-corrected chi connectivity index (χ0v) is 19.6. The van der Waals surface area contributed by atoms with Gasteiger partial charge in [-0.1, -0.05) is 48.4 Å². The van der Waals surface area contributed by atoms with Crippen molar-refractivity contribution in [2.24, 2.45) is 0 Å². The third-order valence-corrected chi connectivity index (χ3v) is 5.47. The molecule has 0 aromatic heterocycles. The van der Waals surface area contributed by atoms with E-state index in [2.05, 4.69) is 5.32 Å². The summed E-state index contributed by atoms with van der Waals surface area (Å²) in [5, 5.41) is 3.58. The highest BCUT2D eigenvalue weighted by Gasteiger charge is 2.26. The van der Waals surface area contributed by atoms with Crippen molar-refractivity contribution in [2.75, 3.05) is 6.61 Å². The van der Waals surface area contributed by atoms with Gasteiger partial charge in [0.25, 0.3) is 0 Å². The van der Waals surface area contributed by atoms with Gasteiger partial charge in [0.15, 0.2) is 0 Å². The Morgan fingerprint density at radius 1 is 1.13 bits per heavy atom. The predicted octanol–water partition coefficient (Wildman–Crippen LogP) is 5.14. The van der Waals surface area contributed by atoms with Crippen molar-refractivity contribution < 1.29 is 14.3 Å². The molecule has 1 N–H and O–H groups in total. The second-order valence-electron chi connectivity index (χ2n) is 7.91. The molecule has 2 unspecified atom stereocenters. The van der Waals surface area contributed by atoms with Gasteiger partial charge in [-0.05, 0) is 63.4 Å². The van der Waals surface area contributed by atoms with E-state index < -0.39 is 6.04 Å². The molecule has 6 heteroatoms. The first-order valence-corrected chi connectivity index (χ1v) is 11.2. The lowest BCUT2D eigenvalue weighted by atomic mass is 10.1. The SMILES string of the molecule is CCC(C)NC(=O)C(C)N(Cc1cccc(Cl)c1)C(=O)CCCOc1ccc(C)cc1. The number of hydrogen-bond acceptors (Lipinski definition) is 3. The summed E-state index contributed by atoms with van der Waals surface area (Å²) in [6, 6.07) is 14.7. The van der Waals surface area contributed by atoms with Crippen molar-refractivity contribution in [3.8, 4) is 5.75 Å². The molecule has 0 saturated carbocycles. The third-order valence-electron chi connectivity index (χ3n) is 5.23. The van der Waals surface area contributed by atoms with Crippen LogP contribution in [0.25, 0.3) is 0 Å². The number of nitrogens with zero attached hydrogens (tertiary/aromatic N) is 1. The van der Waals surface area contributed by atoms with Gasteiger partial charge in [0, 0.05) is 24.0 Å². The number of halogens is 1. The number of carbonyl (C=O) groups is 2. The average Bonchev–Trinajstić information content (AvgIpc) is 2.75. The van der Waals surface area contributed by atoms with Gasteiger partial charge in [-0.2, -0.15) is 0 Å². The minimum atomic E-state index is -0.585. The van der Waals surface area contributed by atoms with Crippen molar-refractivity contribution >= 4 is 23.4 Å². The van der Waals surface area contributed by atoms with Gasteiger partial charge in [-0.25, -0.2) is 0 Å². The molecule has 0 heterocycles. The molecule has 0 saturated heterocycles. The lowest BCUT2D eigenvalue weighted by Gasteiger charge is -2.30. The summed E-state index contributed by atoms with van der Waals surface area (Å²) >= 11 is 6.11.